The van der Waals surface area contributed by atoms with Crippen LogP contribution in [0.3, 0.4) is 0 Å². The summed E-state index contributed by atoms with van der Waals surface area (Å²) in [6, 6.07) is 16.3. The van der Waals surface area contributed by atoms with Gasteiger partial charge in [-0.15, -0.1) is 0 Å². The van der Waals surface area contributed by atoms with Crippen LogP contribution in [0.2, 0.25) is 23.1 Å². The van der Waals surface area contributed by atoms with Crippen LogP contribution >= 0.6 is 23.2 Å². The molecule has 2 aromatic rings. The Morgan fingerprint density at radius 3 is 1.53 bits per heavy atom. The zero-order chi connectivity index (χ0) is 12.5. The van der Waals surface area contributed by atoms with Crippen molar-refractivity contribution in [2.45, 2.75) is 13.1 Å². The fraction of sp³-hybridized carbons (Fsp3) is 0.143. The van der Waals surface area contributed by atoms with Crippen LogP contribution in [0.25, 0.3) is 0 Å². The molecular weight excluding hydrogens is 267 g/mol. The van der Waals surface area contributed by atoms with Gasteiger partial charge in [-0.3, -0.25) is 0 Å². The third-order valence-electron chi connectivity index (χ3n) is 3.09. The van der Waals surface area contributed by atoms with E-state index in [1.807, 2.05) is 24.3 Å². The molecule has 0 aliphatic heterocycles. The summed E-state index contributed by atoms with van der Waals surface area (Å²) >= 11 is 12.1. The van der Waals surface area contributed by atoms with Crippen LogP contribution in [0.1, 0.15) is 0 Å². The summed E-state index contributed by atoms with van der Waals surface area (Å²) in [4.78, 5) is 0. The Morgan fingerprint density at radius 1 is 0.765 bits per heavy atom. The van der Waals surface area contributed by atoms with Crippen molar-refractivity contribution in [3.05, 3.63) is 58.6 Å². The summed E-state index contributed by atoms with van der Waals surface area (Å²) in [5.41, 5.74) is 0. The second-order valence-corrected chi connectivity index (χ2v) is 9.92. The first kappa shape index (κ1) is 12.7. The van der Waals surface area contributed by atoms with E-state index in [1.54, 1.807) is 0 Å². The fourth-order valence-electron chi connectivity index (χ4n) is 1.92. The lowest BCUT2D eigenvalue weighted by Crippen LogP contribution is -2.52. The molecule has 0 N–H and O–H groups in total. The maximum atomic E-state index is 6.07. The van der Waals surface area contributed by atoms with Crippen molar-refractivity contribution in [3.8, 4) is 0 Å². The standard InChI is InChI=1S/C14H14Cl2Si/c1-17(2,13-7-3-5-11(15)9-13)14-8-4-6-12(16)10-14/h3-10H,1-2H3. The van der Waals surface area contributed by atoms with E-state index in [0.717, 1.165) is 10.0 Å². The van der Waals surface area contributed by atoms with Gasteiger partial charge in [0, 0.05) is 10.0 Å². The van der Waals surface area contributed by atoms with Crippen molar-refractivity contribution >= 4 is 41.6 Å². The molecular formula is C14H14Cl2Si. The van der Waals surface area contributed by atoms with E-state index in [4.69, 9.17) is 23.2 Å². The molecule has 0 radical (unpaired) electrons. The minimum Gasteiger partial charge on any atom is -0.0843 e. The summed E-state index contributed by atoms with van der Waals surface area (Å²) in [6.45, 7) is 4.62. The molecule has 0 saturated heterocycles. The Hall–Kier alpha value is -0.763. The van der Waals surface area contributed by atoms with Crippen LogP contribution in [0.5, 0.6) is 0 Å². The molecule has 0 aliphatic rings. The molecule has 88 valence electrons. The van der Waals surface area contributed by atoms with Crippen molar-refractivity contribution in [3.63, 3.8) is 0 Å². The van der Waals surface area contributed by atoms with Crippen molar-refractivity contribution in [1.29, 1.82) is 0 Å². The molecule has 0 fully saturated rings. The molecule has 0 amide bonds. The highest BCUT2D eigenvalue weighted by Gasteiger charge is 2.26. The normalized spacial score (nSPS) is 11.5. The van der Waals surface area contributed by atoms with Gasteiger partial charge in [-0.2, -0.15) is 0 Å². The Bertz CT molecular complexity index is 488. The maximum absolute atomic E-state index is 6.07. The Kier molecular flexibility index (Phi) is 3.62. The fourth-order valence-corrected chi connectivity index (χ4v) is 4.88. The van der Waals surface area contributed by atoms with Crippen molar-refractivity contribution in [2.24, 2.45) is 0 Å². The van der Waals surface area contributed by atoms with E-state index in [1.165, 1.54) is 10.4 Å². The summed E-state index contributed by atoms with van der Waals surface area (Å²) < 4.78 is 0. The first-order chi connectivity index (χ1) is 8.00. The Balaban J connectivity index is 2.49. The molecule has 2 aromatic carbocycles. The minimum absolute atomic E-state index is 0.796. The highest BCUT2D eigenvalue weighted by atomic mass is 35.5. The molecule has 0 aromatic heterocycles. The summed E-state index contributed by atoms with van der Waals surface area (Å²) in [5, 5.41) is 4.25. The van der Waals surface area contributed by atoms with Gasteiger partial charge >= 0.3 is 0 Å². The van der Waals surface area contributed by atoms with Crippen LogP contribution in [-0.2, 0) is 0 Å². The summed E-state index contributed by atoms with van der Waals surface area (Å²) in [6.07, 6.45) is 0. The summed E-state index contributed by atoms with van der Waals surface area (Å²) in [7, 11) is -1.69. The third kappa shape index (κ3) is 2.74. The Labute approximate surface area is 113 Å². The number of benzene rings is 2. The predicted octanol–water partition coefficient (Wildman–Crippen LogP) is 3.82. The largest absolute Gasteiger partial charge is 0.112 e. The highest BCUT2D eigenvalue weighted by Crippen LogP contribution is 2.12. The van der Waals surface area contributed by atoms with Gasteiger partial charge in [0.2, 0.25) is 0 Å². The topological polar surface area (TPSA) is 0 Å². The molecule has 3 heteroatoms. The predicted molar refractivity (Wildman–Crippen MR) is 79.7 cm³/mol. The van der Waals surface area contributed by atoms with Crippen LogP contribution in [0.4, 0.5) is 0 Å². The molecule has 0 atom stereocenters. The van der Waals surface area contributed by atoms with Crippen molar-refractivity contribution in [2.75, 3.05) is 0 Å². The number of hydrogen-bond donors (Lipinski definition) is 0. The zero-order valence-electron chi connectivity index (χ0n) is 9.87. The third-order valence-corrected chi connectivity index (χ3v) is 7.07. The van der Waals surface area contributed by atoms with Gasteiger partial charge in [0.1, 0.15) is 8.07 Å². The monoisotopic (exact) mass is 280 g/mol. The van der Waals surface area contributed by atoms with Gasteiger partial charge in [0.05, 0.1) is 0 Å². The average Bonchev–Trinajstić information content (AvgIpc) is 2.29. The smallest absolute Gasteiger partial charge is 0.0843 e. The van der Waals surface area contributed by atoms with Gasteiger partial charge in [-0.1, -0.05) is 70.9 Å². The Morgan fingerprint density at radius 2 is 1.18 bits per heavy atom. The number of rotatable bonds is 2. The lowest BCUT2D eigenvalue weighted by atomic mass is 10.4. The van der Waals surface area contributed by atoms with Crippen LogP contribution in [0.15, 0.2) is 48.5 Å². The lowest BCUT2D eigenvalue weighted by Gasteiger charge is -2.24. The second kappa shape index (κ2) is 4.85. The van der Waals surface area contributed by atoms with E-state index in [2.05, 4.69) is 37.4 Å². The minimum atomic E-state index is -1.69. The lowest BCUT2D eigenvalue weighted by molar-refractivity contribution is 1.67. The van der Waals surface area contributed by atoms with Gasteiger partial charge in [-0.25, -0.2) is 0 Å². The van der Waals surface area contributed by atoms with Gasteiger partial charge in [0.25, 0.3) is 0 Å². The molecule has 2 rings (SSSR count). The molecule has 0 saturated carbocycles. The zero-order valence-corrected chi connectivity index (χ0v) is 12.4. The average molecular weight is 281 g/mol. The molecule has 0 unspecified atom stereocenters. The molecule has 17 heavy (non-hydrogen) atoms. The molecule has 0 nitrogen and oxygen atoms in total. The van der Waals surface area contributed by atoms with Gasteiger partial charge in [-0.05, 0) is 24.3 Å². The summed E-state index contributed by atoms with van der Waals surface area (Å²) in [5.74, 6) is 0. The van der Waals surface area contributed by atoms with Crippen molar-refractivity contribution < 1.29 is 0 Å². The molecule has 0 aliphatic carbocycles. The van der Waals surface area contributed by atoms with Crippen LogP contribution in [0, 0.1) is 0 Å². The second-order valence-electron chi connectivity index (χ2n) is 4.65. The van der Waals surface area contributed by atoms with E-state index >= 15 is 0 Å². The number of halogens is 2. The quantitative estimate of drug-likeness (QED) is 0.734. The van der Waals surface area contributed by atoms with E-state index in [0.29, 0.717) is 0 Å². The number of hydrogen-bond acceptors (Lipinski definition) is 0. The first-order valence-corrected chi connectivity index (χ1v) is 9.28. The van der Waals surface area contributed by atoms with Gasteiger partial charge < -0.3 is 0 Å². The van der Waals surface area contributed by atoms with E-state index in [9.17, 15) is 0 Å². The van der Waals surface area contributed by atoms with Crippen LogP contribution < -0.4 is 10.4 Å². The van der Waals surface area contributed by atoms with E-state index in [-0.39, 0.29) is 0 Å². The molecule has 0 heterocycles. The highest BCUT2D eigenvalue weighted by molar-refractivity contribution is 7.00. The molecule has 0 bridgehead atoms. The van der Waals surface area contributed by atoms with Gasteiger partial charge in [0.15, 0.2) is 0 Å². The SMILES string of the molecule is C[Si](C)(c1cccc(Cl)c1)c1cccc(Cl)c1. The molecule has 0 spiro atoms. The van der Waals surface area contributed by atoms with Crippen molar-refractivity contribution in [1.82, 2.24) is 0 Å². The van der Waals surface area contributed by atoms with Crippen LogP contribution in [-0.4, -0.2) is 8.07 Å². The van der Waals surface area contributed by atoms with E-state index < -0.39 is 8.07 Å². The first-order valence-electron chi connectivity index (χ1n) is 5.52. The maximum Gasteiger partial charge on any atom is 0.112 e.